The van der Waals surface area contributed by atoms with Gasteiger partial charge in [0.1, 0.15) is 11.6 Å². The van der Waals surface area contributed by atoms with E-state index in [0.717, 1.165) is 5.56 Å². The lowest BCUT2D eigenvalue weighted by Crippen LogP contribution is -2.54. The predicted molar refractivity (Wildman–Crippen MR) is 108 cm³/mol. The molecule has 148 valence electrons. The molecule has 7 heteroatoms. The summed E-state index contributed by atoms with van der Waals surface area (Å²) in [6.07, 6.45) is 1.20. The summed E-state index contributed by atoms with van der Waals surface area (Å²) < 4.78 is 5.31. The van der Waals surface area contributed by atoms with Crippen molar-refractivity contribution in [3.8, 4) is 0 Å². The van der Waals surface area contributed by atoms with Crippen molar-refractivity contribution in [2.75, 3.05) is 4.90 Å². The van der Waals surface area contributed by atoms with Gasteiger partial charge >= 0.3 is 6.09 Å². The predicted octanol–water partition coefficient (Wildman–Crippen LogP) is 4.28. The summed E-state index contributed by atoms with van der Waals surface area (Å²) in [5, 5.41) is 3.15. The molecule has 2 heterocycles. The first-order chi connectivity index (χ1) is 13.2. The van der Waals surface area contributed by atoms with Crippen LogP contribution < -0.4 is 10.2 Å². The van der Waals surface area contributed by atoms with E-state index in [0.29, 0.717) is 16.4 Å². The highest BCUT2D eigenvalue weighted by Crippen LogP contribution is 2.35. The summed E-state index contributed by atoms with van der Waals surface area (Å²) in [7, 11) is 0. The zero-order chi connectivity index (χ0) is 20.5. The Morgan fingerprint density at radius 3 is 2.64 bits per heavy atom. The Morgan fingerprint density at radius 2 is 2.00 bits per heavy atom. The lowest BCUT2D eigenvalue weighted by molar-refractivity contribution is -0.121. The largest absolute Gasteiger partial charge is 0.444 e. The molecule has 6 nitrogen and oxygen atoms in total. The van der Waals surface area contributed by atoms with Gasteiger partial charge in [-0.15, -0.1) is 0 Å². The van der Waals surface area contributed by atoms with Crippen LogP contribution in [0.1, 0.15) is 45.0 Å². The molecule has 0 unspecified atom stereocenters. The SMILES string of the molecule is C[C@@H](c1ccccc1)N1C(=O)[C@H](NC(=O)OC(C)(C)C)Cc2ncc(Cl)cc21. The number of hydrogen-bond acceptors (Lipinski definition) is 4. The molecule has 2 atom stereocenters. The van der Waals surface area contributed by atoms with E-state index in [-0.39, 0.29) is 18.4 Å². The number of carbonyl (C=O) groups is 2. The van der Waals surface area contributed by atoms with E-state index in [1.165, 1.54) is 0 Å². The first kappa shape index (κ1) is 20.1. The minimum absolute atomic E-state index is 0.223. The normalized spacial score (nSPS) is 17.7. The molecule has 2 aromatic rings. The van der Waals surface area contributed by atoms with Gasteiger partial charge in [0.25, 0.3) is 5.91 Å². The van der Waals surface area contributed by atoms with E-state index in [2.05, 4.69) is 10.3 Å². The molecule has 0 radical (unpaired) electrons. The molecule has 0 aliphatic carbocycles. The number of alkyl carbamates (subject to hydrolysis) is 1. The number of ether oxygens (including phenoxy) is 1. The number of benzene rings is 1. The first-order valence-electron chi connectivity index (χ1n) is 9.17. The van der Waals surface area contributed by atoms with E-state index < -0.39 is 17.7 Å². The maximum Gasteiger partial charge on any atom is 0.408 e. The van der Waals surface area contributed by atoms with Gasteiger partial charge in [0.05, 0.1) is 22.4 Å². The lowest BCUT2D eigenvalue weighted by atomic mass is 9.97. The van der Waals surface area contributed by atoms with Crippen LogP contribution in [0, 0.1) is 0 Å². The minimum atomic E-state index is -0.762. The fourth-order valence-electron chi connectivity index (χ4n) is 3.23. The first-order valence-corrected chi connectivity index (χ1v) is 9.55. The molecule has 0 bridgehead atoms. The number of aromatic nitrogens is 1. The lowest BCUT2D eigenvalue weighted by Gasteiger charge is -2.38. The van der Waals surface area contributed by atoms with Gasteiger partial charge in [-0.1, -0.05) is 41.9 Å². The molecule has 0 spiro atoms. The smallest absolute Gasteiger partial charge is 0.408 e. The molecule has 1 N–H and O–H groups in total. The van der Waals surface area contributed by atoms with Crippen molar-refractivity contribution in [1.82, 2.24) is 10.3 Å². The van der Waals surface area contributed by atoms with Gasteiger partial charge in [0.15, 0.2) is 0 Å². The fourth-order valence-corrected chi connectivity index (χ4v) is 3.38. The molecule has 0 saturated heterocycles. The summed E-state index contributed by atoms with van der Waals surface area (Å²) in [4.78, 5) is 31.6. The van der Waals surface area contributed by atoms with Gasteiger partial charge in [-0.2, -0.15) is 0 Å². The molecule has 2 amide bonds. The Labute approximate surface area is 169 Å². The molecule has 0 fully saturated rings. The maximum atomic E-state index is 13.3. The van der Waals surface area contributed by atoms with Gasteiger partial charge in [0.2, 0.25) is 0 Å². The number of halogens is 1. The molecule has 1 aromatic heterocycles. The highest BCUT2D eigenvalue weighted by atomic mass is 35.5. The van der Waals surface area contributed by atoms with Crippen molar-refractivity contribution in [2.45, 2.75) is 51.8 Å². The third-order valence-corrected chi connectivity index (χ3v) is 4.67. The van der Waals surface area contributed by atoms with E-state index in [9.17, 15) is 9.59 Å². The van der Waals surface area contributed by atoms with Crippen LogP contribution >= 0.6 is 11.6 Å². The van der Waals surface area contributed by atoms with Crippen molar-refractivity contribution in [3.63, 3.8) is 0 Å². The second-order valence-electron chi connectivity index (χ2n) is 7.82. The number of fused-ring (bicyclic) bond motifs is 1. The molecule has 28 heavy (non-hydrogen) atoms. The highest BCUT2D eigenvalue weighted by Gasteiger charge is 2.38. The molecule has 1 aromatic carbocycles. The molecular weight excluding hydrogens is 378 g/mol. The molecule has 1 aliphatic heterocycles. The fraction of sp³-hybridized carbons (Fsp3) is 0.381. The third kappa shape index (κ3) is 4.44. The number of anilines is 1. The number of carbonyl (C=O) groups excluding carboxylic acids is 2. The average Bonchev–Trinajstić information content (AvgIpc) is 2.61. The van der Waals surface area contributed by atoms with Crippen LogP contribution in [0.3, 0.4) is 0 Å². The number of rotatable bonds is 3. The van der Waals surface area contributed by atoms with Gasteiger partial charge in [-0.25, -0.2) is 4.79 Å². The van der Waals surface area contributed by atoms with E-state index in [1.807, 2.05) is 37.3 Å². The quantitative estimate of drug-likeness (QED) is 0.833. The van der Waals surface area contributed by atoms with Crippen molar-refractivity contribution in [1.29, 1.82) is 0 Å². The summed E-state index contributed by atoms with van der Waals surface area (Å²) in [5.41, 5.74) is 1.69. The number of pyridine rings is 1. The summed E-state index contributed by atoms with van der Waals surface area (Å²) >= 11 is 6.14. The van der Waals surface area contributed by atoms with Crippen molar-refractivity contribution in [3.05, 3.63) is 58.9 Å². The van der Waals surface area contributed by atoms with Crippen LogP contribution in [0.25, 0.3) is 0 Å². The van der Waals surface area contributed by atoms with Crippen LogP contribution in [0.5, 0.6) is 0 Å². The van der Waals surface area contributed by atoms with Gasteiger partial charge in [-0.3, -0.25) is 9.78 Å². The summed E-state index contributed by atoms with van der Waals surface area (Å²) in [6.45, 7) is 7.27. The number of nitrogens with one attached hydrogen (secondary N) is 1. The Hall–Kier alpha value is -2.60. The topological polar surface area (TPSA) is 71.5 Å². The van der Waals surface area contributed by atoms with E-state index in [4.69, 9.17) is 16.3 Å². The second-order valence-corrected chi connectivity index (χ2v) is 8.25. The zero-order valence-electron chi connectivity index (χ0n) is 16.4. The van der Waals surface area contributed by atoms with Gasteiger partial charge in [-0.05, 0) is 39.3 Å². The zero-order valence-corrected chi connectivity index (χ0v) is 17.2. The van der Waals surface area contributed by atoms with Crippen LogP contribution in [0.15, 0.2) is 42.6 Å². The Morgan fingerprint density at radius 1 is 1.32 bits per heavy atom. The van der Waals surface area contributed by atoms with E-state index in [1.54, 1.807) is 37.9 Å². The summed E-state index contributed by atoms with van der Waals surface area (Å²) in [5.74, 6) is -0.223. The average molecular weight is 402 g/mol. The number of amides is 2. The Bertz CT molecular complexity index is 880. The van der Waals surface area contributed by atoms with Crippen molar-refractivity contribution < 1.29 is 14.3 Å². The second kappa shape index (κ2) is 7.80. The third-order valence-electron chi connectivity index (χ3n) is 4.47. The van der Waals surface area contributed by atoms with Gasteiger partial charge in [0, 0.05) is 12.6 Å². The summed E-state index contributed by atoms with van der Waals surface area (Å²) in [6, 6.07) is 10.4. The molecule has 1 aliphatic rings. The molecule has 0 saturated carbocycles. The minimum Gasteiger partial charge on any atom is -0.444 e. The van der Waals surface area contributed by atoms with Crippen LogP contribution in [-0.2, 0) is 16.0 Å². The Balaban J connectivity index is 1.94. The van der Waals surface area contributed by atoms with Crippen molar-refractivity contribution >= 4 is 29.3 Å². The number of hydrogen-bond donors (Lipinski definition) is 1. The molecule has 3 rings (SSSR count). The van der Waals surface area contributed by atoms with Crippen LogP contribution in [0.4, 0.5) is 10.5 Å². The maximum absolute atomic E-state index is 13.3. The molecular formula is C21H24ClN3O3. The van der Waals surface area contributed by atoms with Gasteiger partial charge < -0.3 is 15.0 Å². The van der Waals surface area contributed by atoms with Crippen molar-refractivity contribution in [2.24, 2.45) is 0 Å². The van der Waals surface area contributed by atoms with Crippen LogP contribution in [-0.4, -0.2) is 28.6 Å². The van der Waals surface area contributed by atoms with Crippen LogP contribution in [0.2, 0.25) is 5.02 Å². The Kier molecular flexibility index (Phi) is 5.61. The number of nitrogens with zero attached hydrogens (tertiary/aromatic N) is 2. The standard InChI is InChI=1S/C21H24ClN3O3/c1-13(14-8-6-5-7-9-14)25-18-10-15(22)12-23-16(18)11-17(19(25)26)24-20(27)28-21(2,3)4/h5-10,12-13,17H,11H2,1-4H3,(H,24,27)/t13-,17+/m0/s1. The monoisotopic (exact) mass is 401 g/mol. The van der Waals surface area contributed by atoms with E-state index >= 15 is 0 Å². The highest BCUT2D eigenvalue weighted by molar-refractivity contribution is 6.30.